The van der Waals surface area contributed by atoms with E-state index in [1.54, 1.807) is 0 Å². The maximum absolute atomic E-state index is 12.5. The molecule has 0 bridgehead atoms. The van der Waals surface area contributed by atoms with Gasteiger partial charge in [0.05, 0.1) is 17.7 Å². The number of rotatable bonds is 2. The van der Waals surface area contributed by atoms with Crippen molar-refractivity contribution in [2.75, 3.05) is 7.11 Å². The smallest absolute Gasteiger partial charge is 0.433 e. The van der Waals surface area contributed by atoms with Crippen molar-refractivity contribution in [3.63, 3.8) is 0 Å². The Morgan fingerprint density at radius 1 is 1.44 bits per heavy atom. The first-order valence-electron chi connectivity index (χ1n) is 4.32. The van der Waals surface area contributed by atoms with Gasteiger partial charge in [0.15, 0.2) is 11.4 Å². The Kier molecular flexibility index (Phi) is 4.10. The second kappa shape index (κ2) is 5.05. The summed E-state index contributed by atoms with van der Waals surface area (Å²) in [6.45, 7) is 0. The van der Waals surface area contributed by atoms with Gasteiger partial charge in [-0.25, -0.2) is 18.6 Å². The van der Waals surface area contributed by atoms with E-state index in [9.17, 15) is 26.7 Å². The minimum atomic E-state index is -5.13. The van der Waals surface area contributed by atoms with Gasteiger partial charge in [0, 0.05) is 0 Å². The monoisotopic (exact) mass is 289 g/mol. The average molecular weight is 290 g/mol. The summed E-state index contributed by atoms with van der Waals surface area (Å²) in [5, 5.41) is -0.634. The molecule has 1 aromatic heterocycles. The van der Waals surface area contributed by atoms with Gasteiger partial charge < -0.3 is 4.74 Å². The Labute approximate surface area is 103 Å². The molecule has 0 fully saturated rings. The second-order valence-electron chi connectivity index (χ2n) is 3.05. The average Bonchev–Trinajstić information content (AvgIpc) is 2.25. The van der Waals surface area contributed by atoms with E-state index in [0.29, 0.717) is 6.07 Å². The van der Waals surface area contributed by atoms with E-state index in [4.69, 9.17) is 11.6 Å². The van der Waals surface area contributed by atoms with Crippen LogP contribution in [0.3, 0.4) is 0 Å². The lowest BCUT2D eigenvalue weighted by molar-refractivity contribution is -0.143. The van der Waals surface area contributed by atoms with E-state index in [1.807, 2.05) is 0 Å². The number of esters is 1. The Morgan fingerprint density at radius 2 is 2.00 bits per heavy atom. The maximum atomic E-state index is 12.5. The Morgan fingerprint density at radius 3 is 2.39 bits per heavy atom. The molecule has 1 rings (SSSR count). The van der Waals surface area contributed by atoms with Gasteiger partial charge in [0.1, 0.15) is 0 Å². The van der Waals surface area contributed by atoms with Crippen LogP contribution in [0.15, 0.2) is 6.07 Å². The van der Waals surface area contributed by atoms with Crippen molar-refractivity contribution in [1.82, 2.24) is 4.98 Å². The molecule has 1 heterocycles. The fourth-order valence-corrected chi connectivity index (χ4v) is 1.37. The molecule has 0 saturated heterocycles. The normalized spacial score (nSPS) is 11.8. The molecule has 0 amide bonds. The topological polar surface area (TPSA) is 39.2 Å². The number of methoxy groups -OCH3 is 1. The van der Waals surface area contributed by atoms with Crippen molar-refractivity contribution in [3.8, 4) is 0 Å². The number of aromatic nitrogens is 1. The third-order valence-electron chi connectivity index (χ3n) is 1.89. The third kappa shape index (κ3) is 2.87. The SMILES string of the molecule is COC(=O)c1nc(C(F)(F)F)c(C(F)F)cc1Cl. The fourth-order valence-electron chi connectivity index (χ4n) is 1.14. The highest BCUT2D eigenvalue weighted by atomic mass is 35.5. The molecule has 0 saturated carbocycles. The van der Waals surface area contributed by atoms with Gasteiger partial charge in [-0.1, -0.05) is 11.6 Å². The zero-order valence-electron chi connectivity index (χ0n) is 8.69. The number of ether oxygens (including phenoxy) is 1. The van der Waals surface area contributed by atoms with Crippen LogP contribution in [0.25, 0.3) is 0 Å². The van der Waals surface area contributed by atoms with E-state index < -0.39 is 40.5 Å². The zero-order chi connectivity index (χ0) is 14.1. The van der Waals surface area contributed by atoms with Crippen molar-refractivity contribution in [1.29, 1.82) is 0 Å². The molecule has 0 aliphatic carbocycles. The largest absolute Gasteiger partial charge is 0.464 e. The molecule has 100 valence electrons. The number of pyridine rings is 1. The molecule has 0 unspecified atom stereocenters. The Bertz CT molecular complexity index is 475. The summed E-state index contributed by atoms with van der Waals surface area (Å²) >= 11 is 5.41. The van der Waals surface area contributed by atoms with Crippen LogP contribution < -0.4 is 0 Å². The quantitative estimate of drug-likeness (QED) is 0.618. The van der Waals surface area contributed by atoms with E-state index >= 15 is 0 Å². The number of carbonyl (C=O) groups excluding carboxylic acids is 1. The lowest BCUT2D eigenvalue weighted by Crippen LogP contribution is -2.17. The molecule has 0 aliphatic heterocycles. The maximum Gasteiger partial charge on any atom is 0.433 e. The minimum Gasteiger partial charge on any atom is -0.464 e. The predicted molar refractivity (Wildman–Crippen MR) is 50.5 cm³/mol. The molecule has 0 aromatic carbocycles. The number of nitrogens with zero attached hydrogens (tertiary/aromatic N) is 1. The van der Waals surface area contributed by atoms with Crippen LogP contribution in [-0.2, 0) is 10.9 Å². The van der Waals surface area contributed by atoms with Crippen molar-refractivity contribution in [2.45, 2.75) is 12.6 Å². The van der Waals surface area contributed by atoms with E-state index in [2.05, 4.69) is 9.72 Å². The molecule has 0 radical (unpaired) electrons. The van der Waals surface area contributed by atoms with Crippen LogP contribution in [0.5, 0.6) is 0 Å². The highest BCUT2D eigenvalue weighted by Gasteiger charge is 2.39. The van der Waals surface area contributed by atoms with Gasteiger partial charge in [0.2, 0.25) is 0 Å². The molecule has 3 nitrogen and oxygen atoms in total. The lowest BCUT2D eigenvalue weighted by atomic mass is 10.1. The summed E-state index contributed by atoms with van der Waals surface area (Å²) in [4.78, 5) is 13.9. The highest BCUT2D eigenvalue weighted by Crippen LogP contribution is 2.37. The molecule has 0 atom stereocenters. The predicted octanol–water partition coefficient (Wildman–Crippen LogP) is 3.48. The molecular weight excluding hydrogens is 285 g/mol. The number of carbonyl (C=O) groups is 1. The van der Waals surface area contributed by atoms with Crippen LogP contribution in [0.1, 0.15) is 28.2 Å². The van der Waals surface area contributed by atoms with Crippen molar-refractivity contribution in [3.05, 3.63) is 28.0 Å². The van der Waals surface area contributed by atoms with Gasteiger partial charge in [-0.15, -0.1) is 0 Å². The highest BCUT2D eigenvalue weighted by molar-refractivity contribution is 6.33. The number of alkyl halides is 5. The summed E-state index contributed by atoms with van der Waals surface area (Å²) in [6, 6.07) is 0.355. The van der Waals surface area contributed by atoms with E-state index in [-0.39, 0.29) is 0 Å². The number of halogens is 6. The van der Waals surface area contributed by atoms with E-state index in [1.165, 1.54) is 0 Å². The van der Waals surface area contributed by atoms with Crippen LogP contribution in [0.2, 0.25) is 5.02 Å². The molecule has 0 spiro atoms. The van der Waals surface area contributed by atoms with Crippen LogP contribution >= 0.6 is 11.6 Å². The summed E-state index contributed by atoms with van der Waals surface area (Å²) in [5.74, 6) is -1.24. The molecular formula is C9H5ClF5NO2. The van der Waals surface area contributed by atoms with Crippen LogP contribution in [-0.4, -0.2) is 18.1 Å². The molecule has 1 aromatic rings. The van der Waals surface area contributed by atoms with Crippen molar-refractivity contribution >= 4 is 17.6 Å². The molecule has 0 N–H and O–H groups in total. The molecule has 9 heteroatoms. The second-order valence-corrected chi connectivity index (χ2v) is 3.45. The van der Waals surface area contributed by atoms with Gasteiger partial charge in [-0.2, -0.15) is 13.2 Å². The molecule has 18 heavy (non-hydrogen) atoms. The summed E-state index contributed by atoms with van der Waals surface area (Å²) < 4.78 is 66.5. The van der Waals surface area contributed by atoms with Gasteiger partial charge >= 0.3 is 12.1 Å². The fraction of sp³-hybridized carbons (Fsp3) is 0.333. The third-order valence-corrected chi connectivity index (χ3v) is 2.18. The number of hydrogen-bond donors (Lipinski definition) is 0. The van der Waals surface area contributed by atoms with Crippen molar-refractivity contribution < 1.29 is 31.5 Å². The van der Waals surface area contributed by atoms with Crippen LogP contribution in [0.4, 0.5) is 22.0 Å². The Hall–Kier alpha value is -1.44. The van der Waals surface area contributed by atoms with Gasteiger partial charge in [-0.3, -0.25) is 0 Å². The zero-order valence-corrected chi connectivity index (χ0v) is 9.44. The summed E-state index contributed by atoms with van der Waals surface area (Å²) in [5.41, 5.74) is -4.11. The van der Waals surface area contributed by atoms with Gasteiger partial charge in [0.25, 0.3) is 6.43 Å². The minimum absolute atomic E-state index is 0.355. The van der Waals surface area contributed by atoms with Gasteiger partial charge in [-0.05, 0) is 6.07 Å². The summed E-state index contributed by atoms with van der Waals surface area (Å²) in [7, 11) is 0.897. The molecule has 0 aliphatic rings. The van der Waals surface area contributed by atoms with Crippen molar-refractivity contribution in [2.24, 2.45) is 0 Å². The first kappa shape index (κ1) is 14.6. The standard InChI is InChI=1S/C9H5ClF5NO2/c1-18-8(17)5-4(10)2-3(7(11)12)6(16-5)9(13,14)15/h2,7H,1H3. The number of hydrogen-bond acceptors (Lipinski definition) is 3. The first-order chi connectivity index (χ1) is 8.18. The lowest BCUT2D eigenvalue weighted by Gasteiger charge is -2.13. The van der Waals surface area contributed by atoms with Crippen LogP contribution in [0, 0.1) is 0 Å². The first-order valence-corrected chi connectivity index (χ1v) is 4.70. The van der Waals surface area contributed by atoms with E-state index in [0.717, 1.165) is 7.11 Å². The Balaban J connectivity index is 3.51. The summed E-state index contributed by atoms with van der Waals surface area (Å²) in [6.07, 6.45) is -8.54.